The van der Waals surface area contributed by atoms with Gasteiger partial charge in [-0.1, -0.05) is 36.4 Å². The number of hydrogen-bond donors (Lipinski definition) is 4. The Morgan fingerprint density at radius 1 is 1.03 bits per heavy atom. The molecular formula is C24H25N3O8S. The van der Waals surface area contributed by atoms with Crippen molar-refractivity contribution in [2.75, 3.05) is 24.7 Å². The van der Waals surface area contributed by atoms with E-state index in [1.54, 1.807) is 54.6 Å². The van der Waals surface area contributed by atoms with Crippen LogP contribution in [0.1, 0.15) is 18.0 Å². The van der Waals surface area contributed by atoms with E-state index in [1.165, 1.54) is 18.9 Å². The van der Waals surface area contributed by atoms with E-state index in [0.29, 0.717) is 16.1 Å². The van der Waals surface area contributed by atoms with Gasteiger partial charge in [0.15, 0.2) is 0 Å². The number of carbonyl (C=O) groups excluding carboxylic acids is 3. The van der Waals surface area contributed by atoms with Crippen LogP contribution in [0.25, 0.3) is 0 Å². The summed E-state index contributed by atoms with van der Waals surface area (Å²) < 4.78 is 4.60. The lowest BCUT2D eigenvalue weighted by Crippen LogP contribution is -2.47. The van der Waals surface area contributed by atoms with Gasteiger partial charge in [-0.25, -0.2) is 9.59 Å². The molecule has 0 aromatic heterocycles. The predicted octanol–water partition coefficient (Wildman–Crippen LogP) is 2.20. The van der Waals surface area contributed by atoms with Crippen molar-refractivity contribution in [1.29, 1.82) is 0 Å². The van der Waals surface area contributed by atoms with E-state index < -0.39 is 54.4 Å². The van der Waals surface area contributed by atoms with Crippen molar-refractivity contribution in [3.8, 4) is 0 Å². The first-order valence-corrected chi connectivity index (χ1v) is 11.9. The molecule has 1 aliphatic heterocycles. The fraction of sp³-hybridized carbons (Fsp3) is 0.292. The molecule has 1 saturated heterocycles. The minimum absolute atomic E-state index is 0.0984. The van der Waals surface area contributed by atoms with Crippen LogP contribution >= 0.6 is 11.8 Å². The monoisotopic (exact) mass is 515 g/mol. The molecule has 190 valence electrons. The fourth-order valence-electron chi connectivity index (χ4n) is 3.99. The molecule has 3 atom stereocenters. The van der Waals surface area contributed by atoms with Crippen LogP contribution < -0.4 is 10.6 Å². The summed E-state index contributed by atoms with van der Waals surface area (Å²) in [5.41, 5.74) is 0.903. The van der Waals surface area contributed by atoms with E-state index in [1.807, 2.05) is 0 Å². The number of nitrogens with one attached hydrogen (secondary N) is 2. The SMILES string of the molecule is COC(=O)CSc1cccc(NC(=O)NCC(=O)N2C(C(=O)O)CC(C(=O)O)C2c2ccccc2)c1. The quantitative estimate of drug-likeness (QED) is 0.290. The number of nitrogens with zero attached hydrogens (tertiary/aromatic N) is 1. The second-order valence-corrected chi connectivity index (χ2v) is 8.94. The Morgan fingerprint density at radius 2 is 1.75 bits per heavy atom. The Hall–Kier alpha value is -4.06. The van der Waals surface area contributed by atoms with Gasteiger partial charge in [-0.3, -0.25) is 14.4 Å². The lowest BCUT2D eigenvalue weighted by atomic mass is 9.93. The number of methoxy groups -OCH3 is 1. The van der Waals surface area contributed by atoms with E-state index >= 15 is 0 Å². The van der Waals surface area contributed by atoms with E-state index in [-0.39, 0.29) is 12.2 Å². The minimum Gasteiger partial charge on any atom is -0.481 e. The minimum atomic E-state index is -1.35. The molecule has 2 aromatic rings. The Kier molecular flexibility index (Phi) is 8.90. The average molecular weight is 516 g/mol. The first kappa shape index (κ1) is 26.5. The Bertz CT molecular complexity index is 1140. The van der Waals surface area contributed by atoms with Crippen LogP contribution in [0.2, 0.25) is 0 Å². The smallest absolute Gasteiger partial charge is 0.326 e. The molecule has 11 nitrogen and oxygen atoms in total. The lowest BCUT2D eigenvalue weighted by molar-refractivity contribution is -0.149. The molecule has 1 heterocycles. The third-order valence-electron chi connectivity index (χ3n) is 5.60. The highest BCUT2D eigenvalue weighted by Gasteiger charge is 2.50. The summed E-state index contributed by atoms with van der Waals surface area (Å²) in [7, 11) is 1.29. The van der Waals surface area contributed by atoms with Gasteiger partial charge in [0.1, 0.15) is 6.04 Å². The number of ether oxygens (including phenoxy) is 1. The Labute approximate surface area is 210 Å². The second kappa shape index (κ2) is 12.1. The molecule has 1 aliphatic rings. The zero-order chi connectivity index (χ0) is 26.2. The fourth-order valence-corrected chi connectivity index (χ4v) is 4.77. The van der Waals surface area contributed by atoms with Gasteiger partial charge >= 0.3 is 23.9 Å². The third kappa shape index (κ3) is 6.54. The van der Waals surface area contributed by atoms with Gasteiger partial charge in [0.2, 0.25) is 5.91 Å². The number of anilines is 1. The molecule has 0 radical (unpaired) electrons. The van der Waals surface area contributed by atoms with Crippen molar-refractivity contribution in [2.45, 2.75) is 23.4 Å². The summed E-state index contributed by atoms with van der Waals surface area (Å²) in [5.74, 6) is -4.66. The molecule has 0 bridgehead atoms. The second-order valence-electron chi connectivity index (χ2n) is 7.89. The van der Waals surface area contributed by atoms with Crippen LogP contribution in [0, 0.1) is 5.92 Å². The highest BCUT2D eigenvalue weighted by molar-refractivity contribution is 8.00. The standard InChI is InChI=1S/C24H25N3O8S/c1-35-20(29)13-36-16-9-5-8-15(10-16)26-24(34)25-12-19(28)27-18(23(32)33)11-17(22(30)31)21(27)14-6-3-2-4-7-14/h2-10,17-18,21H,11-13H2,1H3,(H,30,31)(H,32,33)(H2,25,26,34). The topological polar surface area (TPSA) is 162 Å². The van der Waals surface area contributed by atoms with Gasteiger partial charge < -0.3 is 30.5 Å². The van der Waals surface area contributed by atoms with Gasteiger partial charge in [-0.15, -0.1) is 11.8 Å². The van der Waals surface area contributed by atoms with Crippen LogP contribution in [0.3, 0.4) is 0 Å². The first-order chi connectivity index (χ1) is 17.2. The molecule has 0 aliphatic carbocycles. The van der Waals surface area contributed by atoms with Gasteiger partial charge in [0.25, 0.3) is 0 Å². The van der Waals surface area contributed by atoms with Crippen LogP contribution in [0.15, 0.2) is 59.5 Å². The highest BCUT2D eigenvalue weighted by atomic mass is 32.2. The maximum Gasteiger partial charge on any atom is 0.326 e. The summed E-state index contributed by atoms with van der Waals surface area (Å²) in [6.07, 6.45) is -0.252. The maximum atomic E-state index is 13.1. The molecule has 0 saturated carbocycles. The molecule has 36 heavy (non-hydrogen) atoms. The summed E-state index contributed by atoms with van der Waals surface area (Å²) in [5, 5.41) is 24.3. The third-order valence-corrected chi connectivity index (χ3v) is 6.57. The molecule has 4 N–H and O–H groups in total. The van der Waals surface area contributed by atoms with Crippen molar-refractivity contribution >= 4 is 47.3 Å². The van der Waals surface area contributed by atoms with Crippen molar-refractivity contribution < 1.29 is 38.9 Å². The van der Waals surface area contributed by atoms with Gasteiger partial charge in [0.05, 0.1) is 31.4 Å². The van der Waals surface area contributed by atoms with E-state index in [0.717, 1.165) is 4.90 Å². The number of carboxylic acid groups (broad SMARTS) is 2. The number of amides is 3. The van der Waals surface area contributed by atoms with E-state index in [9.17, 15) is 34.2 Å². The molecule has 3 amide bonds. The van der Waals surface area contributed by atoms with Crippen molar-refractivity contribution in [3.63, 3.8) is 0 Å². The maximum absolute atomic E-state index is 13.1. The summed E-state index contributed by atoms with van der Waals surface area (Å²) in [6.45, 7) is -0.540. The number of carboxylic acids is 2. The number of aliphatic carboxylic acids is 2. The average Bonchev–Trinajstić information content (AvgIpc) is 3.28. The number of carbonyl (C=O) groups is 5. The number of rotatable bonds is 9. The summed E-state index contributed by atoms with van der Waals surface area (Å²) in [4.78, 5) is 62.3. The Balaban J connectivity index is 1.68. The first-order valence-electron chi connectivity index (χ1n) is 10.9. The molecule has 3 unspecified atom stereocenters. The van der Waals surface area contributed by atoms with E-state index in [4.69, 9.17) is 0 Å². The van der Waals surface area contributed by atoms with Crippen molar-refractivity contribution in [3.05, 3.63) is 60.2 Å². The summed E-state index contributed by atoms with van der Waals surface area (Å²) >= 11 is 1.22. The number of hydrogen-bond acceptors (Lipinski definition) is 7. The predicted molar refractivity (Wildman–Crippen MR) is 129 cm³/mol. The zero-order valence-electron chi connectivity index (χ0n) is 19.2. The van der Waals surface area contributed by atoms with Crippen LogP contribution in [0.5, 0.6) is 0 Å². The van der Waals surface area contributed by atoms with E-state index in [2.05, 4.69) is 15.4 Å². The normalized spacial score (nSPS) is 18.8. The molecule has 3 rings (SSSR count). The molecule has 0 spiro atoms. The summed E-state index contributed by atoms with van der Waals surface area (Å²) in [6, 6.07) is 12.0. The number of benzene rings is 2. The zero-order valence-corrected chi connectivity index (χ0v) is 20.1. The number of urea groups is 1. The van der Waals surface area contributed by atoms with Crippen molar-refractivity contribution in [1.82, 2.24) is 10.2 Å². The number of thioether (sulfide) groups is 1. The number of esters is 1. The van der Waals surface area contributed by atoms with Crippen LogP contribution in [-0.2, 0) is 23.9 Å². The van der Waals surface area contributed by atoms with Gasteiger partial charge in [0, 0.05) is 10.6 Å². The molecular weight excluding hydrogens is 490 g/mol. The molecule has 1 fully saturated rings. The lowest BCUT2D eigenvalue weighted by Gasteiger charge is -2.30. The molecule has 2 aromatic carbocycles. The van der Waals surface area contributed by atoms with Gasteiger partial charge in [-0.2, -0.15) is 0 Å². The van der Waals surface area contributed by atoms with Crippen LogP contribution in [0.4, 0.5) is 10.5 Å². The number of likely N-dealkylation sites (tertiary alicyclic amines) is 1. The van der Waals surface area contributed by atoms with Gasteiger partial charge in [-0.05, 0) is 30.2 Å². The largest absolute Gasteiger partial charge is 0.481 e. The molecule has 12 heteroatoms. The van der Waals surface area contributed by atoms with Crippen molar-refractivity contribution in [2.24, 2.45) is 5.92 Å². The van der Waals surface area contributed by atoms with Crippen LogP contribution in [-0.4, -0.2) is 70.4 Å². The highest BCUT2D eigenvalue weighted by Crippen LogP contribution is 2.41. The Morgan fingerprint density at radius 3 is 2.39 bits per heavy atom.